The summed E-state index contributed by atoms with van der Waals surface area (Å²) in [6.07, 6.45) is 1.75. The van der Waals surface area contributed by atoms with E-state index in [1.807, 2.05) is 37.3 Å². The number of nitro groups is 1. The van der Waals surface area contributed by atoms with Crippen molar-refractivity contribution in [3.05, 3.63) is 82.4 Å². The van der Waals surface area contributed by atoms with Gasteiger partial charge in [0.2, 0.25) is 0 Å². The van der Waals surface area contributed by atoms with Gasteiger partial charge in [0.15, 0.2) is 5.11 Å². The number of nitrogens with zero attached hydrogens (tertiary/aromatic N) is 3. The van der Waals surface area contributed by atoms with Gasteiger partial charge in [-0.1, -0.05) is 18.2 Å². The average Bonchev–Trinajstić information content (AvgIpc) is 3.33. The molecule has 142 valence electrons. The van der Waals surface area contributed by atoms with E-state index in [1.165, 1.54) is 12.1 Å². The summed E-state index contributed by atoms with van der Waals surface area (Å²) in [5.74, 6) is 1.30. The van der Waals surface area contributed by atoms with Crippen molar-refractivity contribution in [1.29, 1.82) is 0 Å². The van der Waals surface area contributed by atoms with Crippen molar-refractivity contribution < 1.29 is 9.34 Å². The summed E-state index contributed by atoms with van der Waals surface area (Å²) in [6, 6.07) is 15.6. The molecule has 0 saturated carbocycles. The molecule has 1 aliphatic heterocycles. The lowest BCUT2D eigenvalue weighted by Crippen LogP contribution is -2.29. The number of benzene rings is 1. The largest absolute Gasteiger partial charge is 0.459 e. The van der Waals surface area contributed by atoms with Gasteiger partial charge in [-0.15, -0.1) is 0 Å². The van der Waals surface area contributed by atoms with Gasteiger partial charge >= 0.3 is 0 Å². The third kappa shape index (κ3) is 3.22. The molecule has 0 spiro atoms. The topological polar surface area (TPSA) is 84.4 Å². The first-order valence-electron chi connectivity index (χ1n) is 8.91. The van der Waals surface area contributed by atoms with Gasteiger partial charge in [-0.05, 0) is 43.4 Å². The molecule has 4 rings (SSSR count). The molecule has 0 radical (unpaired) electrons. The molecule has 8 heteroatoms. The SMILES string of the molecule is CCN1C(=S)N[C@@H](c2ccccn2)[C@@H]1c1ccc(-c2cccc([N+](=O)[O-])c2)o1. The second-order valence-corrected chi connectivity index (χ2v) is 6.81. The normalized spacial score (nSPS) is 18.9. The van der Waals surface area contributed by atoms with Crippen molar-refractivity contribution in [2.45, 2.75) is 19.0 Å². The average molecular weight is 394 g/mol. The minimum atomic E-state index is -0.414. The van der Waals surface area contributed by atoms with Crippen LogP contribution >= 0.6 is 12.2 Å². The molecular formula is C20H18N4O3S. The fourth-order valence-corrected chi connectivity index (χ4v) is 3.86. The van der Waals surface area contributed by atoms with E-state index in [4.69, 9.17) is 16.6 Å². The minimum absolute atomic E-state index is 0.0284. The summed E-state index contributed by atoms with van der Waals surface area (Å²) in [4.78, 5) is 17.2. The first kappa shape index (κ1) is 18.1. The summed E-state index contributed by atoms with van der Waals surface area (Å²) in [7, 11) is 0. The molecule has 0 unspecified atom stereocenters. The highest BCUT2D eigenvalue weighted by molar-refractivity contribution is 7.80. The second kappa shape index (κ2) is 7.40. The molecule has 1 N–H and O–H groups in total. The number of nitrogens with one attached hydrogen (secondary N) is 1. The van der Waals surface area contributed by atoms with Gasteiger partial charge in [-0.3, -0.25) is 15.1 Å². The van der Waals surface area contributed by atoms with Crippen molar-refractivity contribution in [2.24, 2.45) is 0 Å². The molecule has 28 heavy (non-hydrogen) atoms. The van der Waals surface area contributed by atoms with E-state index in [0.29, 0.717) is 23.0 Å². The number of furan rings is 1. The quantitative estimate of drug-likeness (QED) is 0.393. The number of likely N-dealkylation sites (N-methyl/N-ethyl adjacent to an activating group) is 1. The van der Waals surface area contributed by atoms with Crippen molar-refractivity contribution in [1.82, 2.24) is 15.2 Å². The molecule has 1 fully saturated rings. The Morgan fingerprint density at radius 2 is 2.11 bits per heavy atom. The maximum atomic E-state index is 11.1. The van der Waals surface area contributed by atoms with E-state index in [9.17, 15) is 10.1 Å². The molecule has 7 nitrogen and oxygen atoms in total. The Labute approximate surface area is 167 Å². The highest BCUT2D eigenvalue weighted by Crippen LogP contribution is 2.40. The Bertz CT molecular complexity index is 1020. The molecule has 2 atom stereocenters. The molecule has 1 aliphatic rings. The zero-order valence-electron chi connectivity index (χ0n) is 15.1. The Morgan fingerprint density at radius 1 is 1.25 bits per heavy atom. The molecule has 1 aromatic carbocycles. The van der Waals surface area contributed by atoms with Crippen molar-refractivity contribution in [3.8, 4) is 11.3 Å². The van der Waals surface area contributed by atoms with Crippen molar-refractivity contribution in [2.75, 3.05) is 6.54 Å². The van der Waals surface area contributed by atoms with Crippen LogP contribution in [0.15, 0.2) is 65.2 Å². The lowest BCUT2D eigenvalue weighted by molar-refractivity contribution is -0.384. The Kier molecular flexibility index (Phi) is 4.79. The molecule has 0 amide bonds. The van der Waals surface area contributed by atoms with Gasteiger partial charge in [-0.2, -0.15) is 0 Å². The van der Waals surface area contributed by atoms with E-state index in [1.54, 1.807) is 18.3 Å². The standard InChI is InChI=1S/C20H18N4O3S/c1-2-23-19(18(22-20(23)28)15-8-3-4-11-21-15)17-10-9-16(27-17)13-6-5-7-14(12-13)24(25)26/h3-12,18-19H,2H2,1H3,(H,22,28)/t18-,19-/m0/s1. The third-order valence-corrected chi connectivity index (χ3v) is 5.15. The van der Waals surface area contributed by atoms with Gasteiger partial charge < -0.3 is 14.6 Å². The van der Waals surface area contributed by atoms with E-state index >= 15 is 0 Å². The lowest BCUT2D eigenvalue weighted by atomic mass is 10.0. The summed E-state index contributed by atoms with van der Waals surface area (Å²) in [5.41, 5.74) is 1.56. The summed E-state index contributed by atoms with van der Waals surface area (Å²) in [6.45, 7) is 2.75. The summed E-state index contributed by atoms with van der Waals surface area (Å²) >= 11 is 5.51. The van der Waals surface area contributed by atoms with Crippen LogP contribution in [0, 0.1) is 10.1 Å². The molecule has 3 aromatic rings. The summed E-state index contributed by atoms with van der Waals surface area (Å²) < 4.78 is 6.13. The van der Waals surface area contributed by atoms with E-state index in [0.717, 1.165) is 11.5 Å². The van der Waals surface area contributed by atoms with Crippen LogP contribution in [0.4, 0.5) is 5.69 Å². The number of pyridine rings is 1. The van der Waals surface area contributed by atoms with E-state index in [2.05, 4.69) is 15.2 Å². The Morgan fingerprint density at radius 3 is 2.82 bits per heavy atom. The molecule has 1 saturated heterocycles. The van der Waals surface area contributed by atoms with Crippen molar-refractivity contribution in [3.63, 3.8) is 0 Å². The van der Waals surface area contributed by atoms with Crippen LogP contribution in [-0.2, 0) is 0 Å². The zero-order valence-corrected chi connectivity index (χ0v) is 15.9. The van der Waals surface area contributed by atoms with Gasteiger partial charge in [0, 0.05) is 30.4 Å². The number of thiocarbonyl (C=S) groups is 1. The fraction of sp³-hybridized carbons (Fsp3) is 0.200. The Balaban J connectivity index is 1.72. The molecule has 2 aromatic heterocycles. The van der Waals surface area contributed by atoms with Gasteiger partial charge in [0.1, 0.15) is 17.6 Å². The number of non-ortho nitro benzene ring substituents is 1. The highest BCUT2D eigenvalue weighted by atomic mass is 32.1. The molecular weight excluding hydrogens is 376 g/mol. The van der Waals surface area contributed by atoms with Gasteiger partial charge in [-0.25, -0.2) is 0 Å². The number of nitro benzene ring substituents is 1. The molecule has 0 aliphatic carbocycles. The number of rotatable bonds is 5. The van der Waals surface area contributed by atoms with Crippen LogP contribution in [0.2, 0.25) is 0 Å². The maximum absolute atomic E-state index is 11.1. The van der Waals surface area contributed by atoms with Crippen LogP contribution in [0.5, 0.6) is 0 Å². The Hall–Kier alpha value is -3.26. The summed E-state index contributed by atoms with van der Waals surface area (Å²) in [5, 5.41) is 15.0. The first-order chi connectivity index (χ1) is 13.6. The lowest BCUT2D eigenvalue weighted by Gasteiger charge is -2.24. The van der Waals surface area contributed by atoms with Crippen LogP contribution in [0.1, 0.15) is 30.5 Å². The first-order valence-corrected chi connectivity index (χ1v) is 9.32. The monoisotopic (exact) mass is 394 g/mol. The van der Waals surface area contributed by atoms with E-state index in [-0.39, 0.29) is 17.8 Å². The van der Waals surface area contributed by atoms with Crippen LogP contribution in [0.3, 0.4) is 0 Å². The predicted octanol–water partition coefficient (Wildman–Crippen LogP) is 4.24. The van der Waals surface area contributed by atoms with Crippen LogP contribution in [-0.4, -0.2) is 26.5 Å². The predicted molar refractivity (Wildman–Crippen MR) is 109 cm³/mol. The zero-order chi connectivity index (χ0) is 19.7. The second-order valence-electron chi connectivity index (χ2n) is 6.42. The molecule has 3 heterocycles. The van der Waals surface area contributed by atoms with Crippen molar-refractivity contribution >= 4 is 23.0 Å². The van der Waals surface area contributed by atoms with Gasteiger partial charge in [0.05, 0.1) is 16.7 Å². The van der Waals surface area contributed by atoms with Gasteiger partial charge in [0.25, 0.3) is 5.69 Å². The minimum Gasteiger partial charge on any atom is -0.459 e. The number of hydrogen-bond acceptors (Lipinski definition) is 5. The highest BCUT2D eigenvalue weighted by Gasteiger charge is 2.40. The maximum Gasteiger partial charge on any atom is 0.270 e. The van der Waals surface area contributed by atoms with Crippen LogP contribution < -0.4 is 5.32 Å². The molecule has 0 bridgehead atoms. The third-order valence-electron chi connectivity index (χ3n) is 4.80. The fourth-order valence-electron chi connectivity index (χ4n) is 3.49. The van der Waals surface area contributed by atoms with E-state index < -0.39 is 4.92 Å². The van der Waals surface area contributed by atoms with Crippen LogP contribution in [0.25, 0.3) is 11.3 Å². The number of aromatic nitrogens is 1. The number of hydrogen-bond donors (Lipinski definition) is 1. The smallest absolute Gasteiger partial charge is 0.270 e.